The van der Waals surface area contributed by atoms with E-state index in [1.165, 1.54) is 26.6 Å². The van der Waals surface area contributed by atoms with Gasteiger partial charge in [-0.2, -0.15) is 0 Å². The highest BCUT2D eigenvalue weighted by molar-refractivity contribution is 7.89. The van der Waals surface area contributed by atoms with Crippen LogP contribution in [0.4, 0.5) is 5.69 Å². The summed E-state index contributed by atoms with van der Waals surface area (Å²) in [7, 11) is 1.27. The molecule has 162 valence electrons. The van der Waals surface area contributed by atoms with E-state index in [4.69, 9.17) is 0 Å². The first kappa shape index (κ1) is 26.9. The fourth-order valence-electron chi connectivity index (χ4n) is 3.04. The van der Waals surface area contributed by atoms with Crippen LogP contribution in [0.2, 0.25) is 0 Å². The van der Waals surface area contributed by atoms with Crippen molar-refractivity contribution in [3.05, 3.63) is 23.8 Å². The minimum absolute atomic E-state index is 0. The van der Waals surface area contributed by atoms with Crippen molar-refractivity contribution in [2.24, 2.45) is 0 Å². The van der Waals surface area contributed by atoms with E-state index >= 15 is 0 Å². The molecule has 28 heavy (non-hydrogen) atoms. The van der Waals surface area contributed by atoms with E-state index in [-0.39, 0.29) is 35.6 Å². The van der Waals surface area contributed by atoms with Gasteiger partial charge in [0.1, 0.15) is 0 Å². The van der Waals surface area contributed by atoms with Gasteiger partial charge in [-0.3, -0.25) is 4.79 Å². The molecule has 7 nitrogen and oxygen atoms in total. The Kier molecular flexibility index (Phi) is 12.0. The summed E-state index contributed by atoms with van der Waals surface area (Å²) in [6.45, 7) is 3.14. The molecule has 0 aliphatic carbocycles. The van der Waals surface area contributed by atoms with E-state index in [9.17, 15) is 13.2 Å². The standard InChI is InChI=1S/C18H30N4O3S.2ClH/c1-19-10-7-11-20-18(23)16-14-15(26(24,25)21(2)3)8-9-17(16)22-12-5-4-6-13-22;;/h8-9,14,19H,4-7,10-13H2,1-3H3,(H,20,23);2*1H. The maximum Gasteiger partial charge on any atom is 0.253 e. The molecule has 1 aromatic carbocycles. The third-order valence-corrected chi connectivity index (χ3v) is 6.39. The van der Waals surface area contributed by atoms with Crippen molar-refractivity contribution in [2.75, 3.05) is 52.2 Å². The van der Waals surface area contributed by atoms with Crippen molar-refractivity contribution < 1.29 is 13.2 Å². The maximum absolute atomic E-state index is 12.8. The lowest BCUT2D eigenvalue weighted by atomic mass is 10.1. The molecule has 0 bridgehead atoms. The Morgan fingerprint density at radius 2 is 1.75 bits per heavy atom. The van der Waals surface area contributed by atoms with Crippen LogP contribution in [0.25, 0.3) is 0 Å². The number of carbonyl (C=O) groups excluding carboxylic acids is 1. The largest absolute Gasteiger partial charge is 0.371 e. The molecule has 10 heteroatoms. The first-order chi connectivity index (χ1) is 12.4. The van der Waals surface area contributed by atoms with Gasteiger partial charge < -0.3 is 15.5 Å². The van der Waals surface area contributed by atoms with Crippen LogP contribution in [0.3, 0.4) is 0 Å². The van der Waals surface area contributed by atoms with Crippen molar-refractivity contribution in [3.8, 4) is 0 Å². The number of amides is 1. The Morgan fingerprint density at radius 1 is 1.11 bits per heavy atom. The summed E-state index contributed by atoms with van der Waals surface area (Å²) < 4.78 is 26.1. The predicted molar refractivity (Wildman–Crippen MR) is 119 cm³/mol. The van der Waals surface area contributed by atoms with Crippen LogP contribution in [0.1, 0.15) is 36.0 Å². The summed E-state index contributed by atoms with van der Waals surface area (Å²) >= 11 is 0. The van der Waals surface area contributed by atoms with Gasteiger partial charge in [-0.25, -0.2) is 12.7 Å². The summed E-state index contributed by atoms with van der Waals surface area (Å²) in [6, 6.07) is 4.87. The van der Waals surface area contributed by atoms with Crippen LogP contribution >= 0.6 is 24.8 Å². The summed E-state index contributed by atoms with van der Waals surface area (Å²) in [5.74, 6) is -0.225. The molecule has 1 amide bonds. The SMILES string of the molecule is CNCCCNC(=O)c1cc(S(=O)(=O)N(C)C)ccc1N1CCCCC1.Cl.Cl. The molecule has 1 aliphatic heterocycles. The summed E-state index contributed by atoms with van der Waals surface area (Å²) in [4.78, 5) is 15.1. The smallest absolute Gasteiger partial charge is 0.253 e. The van der Waals surface area contributed by atoms with Crippen molar-refractivity contribution in [1.82, 2.24) is 14.9 Å². The number of nitrogens with one attached hydrogen (secondary N) is 2. The Morgan fingerprint density at radius 3 is 2.32 bits per heavy atom. The van der Waals surface area contributed by atoms with Crippen LogP contribution in [0.15, 0.2) is 23.1 Å². The van der Waals surface area contributed by atoms with E-state index in [1.54, 1.807) is 12.1 Å². The second-order valence-corrected chi connectivity index (χ2v) is 8.88. The molecule has 1 aromatic rings. The quantitative estimate of drug-likeness (QED) is 0.587. The fourth-order valence-corrected chi connectivity index (χ4v) is 3.97. The monoisotopic (exact) mass is 454 g/mol. The van der Waals surface area contributed by atoms with Gasteiger partial charge in [-0.1, -0.05) is 0 Å². The molecule has 2 N–H and O–H groups in total. The van der Waals surface area contributed by atoms with E-state index in [2.05, 4.69) is 15.5 Å². The van der Waals surface area contributed by atoms with E-state index in [0.29, 0.717) is 12.1 Å². The van der Waals surface area contributed by atoms with Crippen LogP contribution in [-0.4, -0.2) is 66.0 Å². The fraction of sp³-hybridized carbons (Fsp3) is 0.611. The number of hydrogen-bond acceptors (Lipinski definition) is 5. The zero-order valence-electron chi connectivity index (χ0n) is 16.7. The lowest BCUT2D eigenvalue weighted by Gasteiger charge is -2.30. The topological polar surface area (TPSA) is 81.7 Å². The van der Waals surface area contributed by atoms with Crippen LogP contribution in [-0.2, 0) is 10.0 Å². The third-order valence-electron chi connectivity index (χ3n) is 4.58. The van der Waals surface area contributed by atoms with E-state index in [0.717, 1.165) is 48.9 Å². The lowest BCUT2D eigenvalue weighted by molar-refractivity contribution is 0.0953. The summed E-state index contributed by atoms with van der Waals surface area (Å²) in [5, 5.41) is 5.95. The van der Waals surface area contributed by atoms with Gasteiger partial charge in [0, 0.05) is 39.4 Å². The number of halogens is 2. The predicted octanol–water partition coefficient (Wildman–Crippen LogP) is 2.11. The Balaban J connectivity index is 0.00000364. The van der Waals surface area contributed by atoms with Gasteiger partial charge in [0.05, 0.1) is 10.5 Å². The van der Waals surface area contributed by atoms with Crippen LogP contribution < -0.4 is 15.5 Å². The molecule has 0 spiro atoms. The van der Waals surface area contributed by atoms with Gasteiger partial charge in [0.2, 0.25) is 10.0 Å². The van der Waals surface area contributed by atoms with Crippen LogP contribution in [0.5, 0.6) is 0 Å². The first-order valence-electron chi connectivity index (χ1n) is 9.12. The number of carbonyl (C=O) groups is 1. The van der Waals surface area contributed by atoms with Gasteiger partial charge in [0.25, 0.3) is 5.91 Å². The summed E-state index contributed by atoms with van der Waals surface area (Å²) in [6.07, 6.45) is 4.17. The van der Waals surface area contributed by atoms with Gasteiger partial charge in [-0.05, 0) is 57.5 Å². The molecule has 1 saturated heterocycles. The highest BCUT2D eigenvalue weighted by atomic mass is 35.5. The first-order valence-corrected chi connectivity index (χ1v) is 10.6. The second kappa shape index (κ2) is 12.5. The maximum atomic E-state index is 12.8. The summed E-state index contributed by atoms with van der Waals surface area (Å²) in [5.41, 5.74) is 1.24. The zero-order valence-corrected chi connectivity index (χ0v) is 19.2. The number of benzene rings is 1. The molecule has 1 fully saturated rings. The number of piperidine rings is 1. The van der Waals surface area contributed by atoms with Crippen LogP contribution in [0, 0.1) is 0 Å². The van der Waals surface area contributed by atoms with Gasteiger partial charge in [-0.15, -0.1) is 24.8 Å². The molecule has 0 atom stereocenters. The number of hydrogen-bond donors (Lipinski definition) is 2. The Labute approximate surface area is 181 Å². The molecule has 0 radical (unpaired) electrons. The highest BCUT2D eigenvalue weighted by Gasteiger charge is 2.24. The Hall–Kier alpha value is -1.06. The van der Waals surface area contributed by atoms with Crippen molar-refractivity contribution in [1.29, 1.82) is 0 Å². The second-order valence-electron chi connectivity index (χ2n) is 6.73. The Bertz CT molecular complexity index is 724. The molecule has 0 saturated carbocycles. The molecule has 1 heterocycles. The molecule has 0 aromatic heterocycles. The van der Waals surface area contributed by atoms with Crippen molar-refractivity contribution in [2.45, 2.75) is 30.6 Å². The minimum Gasteiger partial charge on any atom is -0.371 e. The third kappa shape index (κ3) is 6.77. The van der Waals surface area contributed by atoms with E-state index in [1.807, 2.05) is 7.05 Å². The molecular weight excluding hydrogens is 423 g/mol. The van der Waals surface area contributed by atoms with Gasteiger partial charge in [0.15, 0.2) is 0 Å². The average Bonchev–Trinajstić information content (AvgIpc) is 2.65. The number of rotatable bonds is 8. The zero-order chi connectivity index (χ0) is 19.2. The normalized spacial score (nSPS) is 14.2. The highest BCUT2D eigenvalue weighted by Crippen LogP contribution is 2.27. The molecular formula is C18H32Cl2N4O3S. The average molecular weight is 455 g/mol. The minimum atomic E-state index is -3.58. The van der Waals surface area contributed by atoms with E-state index < -0.39 is 10.0 Å². The molecule has 2 rings (SSSR count). The lowest BCUT2D eigenvalue weighted by Crippen LogP contribution is -2.33. The number of anilines is 1. The molecule has 1 aliphatic rings. The number of nitrogens with zero attached hydrogens (tertiary/aromatic N) is 2. The van der Waals surface area contributed by atoms with Crippen molar-refractivity contribution in [3.63, 3.8) is 0 Å². The molecule has 0 unspecified atom stereocenters. The van der Waals surface area contributed by atoms with Gasteiger partial charge >= 0.3 is 0 Å². The number of sulfonamides is 1. The van der Waals surface area contributed by atoms with Crippen molar-refractivity contribution >= 4 is 46.4 Å².